The molecule has 1 aromatic carbocycles. The van der Waals surface area contributed by atoms with E-state index in [2.05, 4.69) is 36.4 Å². The van der Waals surface area contributed by atoms with Gasteiger partial charge in [0.1, 0.15) is 0 Å². The van der Waals surface area contributed by atoms with E-state index in [0.717, 1.165) is 44.2 Å². The molecule has 106 valence electrons. The van der Waals surface area contributed by atoms with Crippen molar-refractivity contribution in [2.75, 3.05) is 40.4 Å². The molecule has 0 radical (unpaired) electrons. The third-order valence-electron chi connectivity index (χ3n) is 3.50. The Morgan fingerprint density at radius 2 is 2.21 bits per heavy atom. The molecule has 3 nitrogen and oxygen atoms in total. The second kappa shape index (κ2) is 7.25. The number of fused-ring (bicyclic) bond motifs is 1. The molecule has 0 fully saturated rings. The Morgan fingerprint density at radius 3 is 3.00 bits per heavy atom. The lowest BCUT2D eigenvalue weighted by Crippen LogP contribution is -2.25. The van der Waals surface area contributed by atoms with Crippen LogP contribution in [0.15, 0.2) is 18.2 Å². The summed E-state index contributed by atoms with van der Waals surface area (Å²) in [5.41, 5.74) is 2.79. The van der Waals surface area contributed by atoms with Gasteiger partial charge in [0.2, 0.25) is 0 Å². The Hall–Kier alpha value is -0.610. The van der Waals surface area contributed by atoms with Gasteiger partial charge in [-0.15, -0.1) is 0 Å². The summed E-state index contributed by atoms with van der Waals surface area (Å²) in [4.78, 5) is 2.13. The van der Waals surface area contributed by atoms with Crippen LogP contribution in [0.2, 0.25) is 5.02 Å². The van der Waals surface area contributed by atoms with Crippen LogP contribution in [-0.4, -0.2) is 45.3 Å². The summed E-state index contributed by atoms with van der Waals surface area (Å²) in [7, 11) is 4.12. The van der Waals surface area contributed by atoms with Gasteiger partial charge in [-0.2, -0.15) is 0 Å². The SMILES string of the molecule is CN(C)CCOCCNC1CCc2cc(Cl)ccc21. The van der Waals surface area contributed by atoms with Crippen LogP contribution in [-0.2, 0) is 11.2 Å². The molecule has 1 aliphatic rings. The van der Waals surface area contributed by atoms with Gasteiger partial charge in [0.05, 0.1) is 13.2 Å². The molecule has 0 bridgehead atoms. The highest BCUT2D eigenvalue weighted by Crippen LogP contribution is 2.32. The fourth-order valence-corrected chi connectivity index (χ4v) is 2.65. The van der Waals surface area contributed by atoms with Gasteiger partial charge in [0.25, 0.3) is 0 Å². The van der Waals surface area contributed by atoms with E-state index in [-0.39, 0.29) is 0 Å². The van der Waals surface area contributed by atoms with Gasteiger partial charge in [0, 0.05) is 24.2 Å². The molecule has 1 atom stereocenters. The summed E-state index contributed by atoms with van der Waals surface area (Å²) in [5, 5.41) is 4.40. The van der Waals surface area contributed by atoms with E-state index in [1.807, 2.05) is 6.07 Å². The first-order valence-corrected chi connectivity index (χ1v) is 7.29. The molecule has 0 spiro atoms. The molecule has 0 amide bonds. The molecular weight excluding hydrogens is 260 g/mol. The number of ether oxygens (including phenoxy) is 1. The molecule has 2 rings (SSSR count). The van der Waals surface area contributed by atoms with Crippen molar-refractivity contribution in [3.8, 4) is 0 Å². The molecule has 0 heterocycles. The molecule has 0 saturated heterocycles. The molecule has 0 aromatic heterocycles. The van der Waals surface area contributed by atoms with Crippen molar-refractivity contribution in [1.82, 2.24) is 10.2 Å². The van der Waals surface area contributed by atoms with Gasteiger partial charge >= 0.3 is 0 Å². The first-order chi connectivity index (χ1) is 9.16. The zero-order valence-corrected chi connectivity index (χ0v) is 12.5. The third kappa shape index (κ3) is 4.46. The van der Waals surface area contributed by atoms with Crippen LogP contribution in [0.5, 0.6) is 0 Å². The quantitative estimate of drug-likeness (QED) is 0.778. The van der Waals surface area contributed by atoms with Crippen LogP contribution in [0.25, 0.3) is 0 Å². The molecule has 1 aliphatic carbocycles. The number of halogens is 1. The number of nitrogens with zero attached hydrogens (tertiary/aromatic N) is 1. The summed E-state index contributed by atoms with van der Waals surface area (Å²) in [6.07, 6.45) is 2.28. The number of benzene rings is 1. The maximum atomic E-state index is 6.01. The second-order valence-corrected chi connectivity index (χ2v) is 5.74. The Labute approximate surface area is 120 Å². The van der Waals surface area contributed by atoms with Crippen molar-refractivity contribution in [3.05, 3.63) is 34.3 Å². The normalized spacial score (nSPS) is 18.0. The number of hydrogen-bond acceptors (Lipinski definition) is 3. The molecule has 0 aliphatic heterocycles. The van der Waals surface area contributed by atoms with E-state index in [1.165, 1.54) is 11.1 Å². The summed E-state index contributed by atoms with van der Waals surface area (Å²) in [6, 6.07) is 6.68. The average molecular weight is 283 g/mol. The van der Waals surface area contributed by atoms with Gasteiger partial charge in [-0.05, 0) is 50.2 Å². The van der Waals surface area contributed by atoms with Crippen molar-refractivity contribution in [2.24, 2.45) is 0 Å². The van der Waals surface area contributed by atoms with E-state index >= 15 is 0 Å². The number of likely N-dealkylation sites (N-methyl/N-ethyl adjacent to an activating group) is 1. The molecule has 1 aromatic rings. The second-order valence-electron chi connectivity index (χ2n) is 5.30. The highest BCUT2D eigenvalue weighted by atomic mass is 35.5. The standard InChI is InChI=1S/C15H23ClN2O/c1-18(2)8-10-19-9-7-17-15-6-3-12-11-13(16)4-5-14(12)15/h4-5,11,15,17H,3,6-10H2,1-2H3. The van der Waals surface area contributed by atoms with Crippen LogP contribution < -0.4 is 5.32 Å². The van der Waals surface area contributed by atoms with Crippen molar-refractivity contribution < 1.29 is 4.74 Å². The first-order valence-electron chi connectivity index (χ1n) is 6.91. The average Bonchev–Trinajstić information content (AvgIpc) is 2.75. The first kappa shape index (κ1) is 14.8. The fourth-order valence-electron chi connectivity index (χ4n) is 2.45. The predicted octanol–water partition coefficient (Wildman–Crippen LogP) is 2.50. The van der Waals surface area contributed by atoms with E-state index in [1.54, 1.807) is 0 Å². The molecule has 19 heavy (non-hydrogen) atoms. The minimum absolute atomic E-state index is 0.463. The Bertz CT molecular complexity index is 409. The molecule has 1 N–H and O–H groups in total. The zero-order chi connectivity index (χ0) is 13.7. The monoisotopic (exact) mass is 282 g/mol. The van der Waals surface area contributed by atoms with Gasteiger partial charge < -0.3 is 15.0 Å². The maximum absolute atomic E-state index is 6.01. The van der Waals surface area contributed by atoms with Gasteiger partial charge in [0.15, 0.2) is 0 Å². The number of rotatable bonds is 7. The van der Waals surface area contributed by atoms with E-state index in [9.17, 15) is 0 Å². The minimum atomic E-state index is 0.463. The Kier molecular flexibility index (Phi) is 5.64. The number of aryl methyl sites for hydroxylation is 1. The van der Waals surface area contributed by atoms with Crippen LogP contribution in [0, 0.1) is 0 Å². The van der Waals surface area contributed by atoms with Gasteiger partial charge in [-0.3, -0.25) is 0 Å². The van der Waals surface area contributed by atoms with Crippen molar-refractivity contribution in [2.45, 2.75) is 18.9 Å². The number of nitrogens with one attached hydrogen (secondary N) is 1. The van der Waals surface area contributed by atoms with Gasteiger partial charge in [-0.25, -0.2) is 0 Å². The van der Waals surface area contributed by atoms with Crippen LogP contribution >= 0.6 is 11.6 Å². The highest BCUT2D eigenvalue weighted by molar-refractivity contribution is 6.30. The summed E-state index contributed by atoms with van der Waals surface area (Å²) >= 11 is 6.01. The molecular formula is C15H23ClN2O. The third-order valence-corrected chi connectivity index (χ3v) is 3.74. The fraction of sp³-hybridized carbons (Fsp3) is 0.600. The maximum Gasteiger partial charge on any atom is 0.0593 e. The van der Waals surface area contributed by atoms with Crippen LogP contribution in [0.3, 0.4) is 0 Å². The van der Waals surface area contributed by atoms with Gasteiger partial charge in [-0.1, -0.05) is 17.7 Å². The summed E-state index contributed by atoms with van der Waals surface area (Å²) < 4.78 is 5.59. The predicted molar refractivity (Wildman–Crippen MR) is 79.9 cm³/mol. The Balaban J connectivity index is 1.69. The number of hydrogen-bond donors (Lipinski definition) is 1. The van der Waals surface area contributed by atoms with E-state index in [0.29, 0.717) is 6.04 Å². The zero-order valence-electron chi connectivity index (χ0n) is 11.8. The lowest BCUT2D eigenvalue weighted by molar-refractivity contribution is 0.117. The van der Waals surface area contributed by atoms with Crippen molar-refractivity contribution in [1.29, 1.82) is 0 Å². The molecule has 1 unspecified atom stereocenters. The lowest BCUT2D eigenvalue weighted by atomic mass is 10.1. The smallest absolute Gasteiger partial charge is 0.0593 e. The van der Waals surface area contributed by atoms with Crippen LogP contribution in [0.1, 0.15) is 23.6 Å². The largest absolute Gasteiger partial charge is 0.379 e. The molecule has 4 heteroatoms. The molecule has 0 saturated carbocycles. The Morgan fingerprint density at radius 1 is 1.37 bits per heavy atom. The summed E-state index contributed by atoms with van der Waals surface area (Å²) in [5.74, 6) is 0. The van der Waals surface area contributed by atoms with Crippen LogP contribution in [0.4, 0.5) is 0 Å². The van der Waals surface area contributed by atoms with Crippen molar-refractivity contribution in [3.63, 3.8) is 0 Å². The lowest BCUT2D eigenvalue weighted by Gasteiger charge is -2.15. The highest BCUT2D eigenvalue weighted by Gasteiger charge is 2.21. The van der Waals surface area contributed by atoms with Crippen molar-refractivity contribution >= 4 is 11.6 Å². The minimum Gasteiger partial charge on any atom is -0.379 e. The summed E-state index contributed by atoms with van der Waals surface area (Å²) in [6.45, 7) is 3.45. The topological polar surface area (TPSA) is 24.5 Å². The van der Waals surface area contributed by atoms with E-state index < -0.39 is 0 Å². The van der Waals surface area contributed by atoms with E-state index in [4.69, 9.17) is 16.3 Å².